The molecule has 1 saturated heterocycles. The van der Waals surface area contributed by atoms with Crippen LogP contribution in [0.3, 0.4) is 0 Å². The number of rotatable bonds is 3. The molecule has 22 heavy (non-hydrogen) atoms. The maximum absolute atomic E-state index is 12.4. The second kappa shape index (κ2) is 5.75. The van der Waals surface area contributed by atoms with Gasteiger partial charge in [0.1, 0.15) is 11.8 Å². The summed E-state index contributed by atoms with van der Waals surface area (Å²) < 4.78 is 5.24. The highest BCUT2D eigenvalue weighted by Gasteiger charge is 2.50. The summed E-state index contributed by atoms with van der Waals surface area (Å²) in [7, 11) is 0. The predicted octanol–water partition coefficient (Wildman–Crippen LogP) is 1.93. The molecule has 0 unspecified atom stereocenters. The number of carbonyl (C=O) groups is 3. The van der Waals surface area contributed by atoms with E-state index < -0.39 is 12.0 Å². The van der Waals surface area contributed by atoms with Crippen LogP contribution in [-0.2, 0) is 14.4 Å². The number of hydrogen-bond donors (Lipinski definition) is 0. The Morgan fingerprint density at radius 1 is 1.09 bits per heavy atom. The Labute approximate surface area is 128 Å². The minimum Gasteiger partial charge on any atom is -0.425 e. The van der Waals surface area contributed by atoms with Gasteiger partial charge in [-0.2, -0.15) is 0 Å². The molecule has 1 aromatic rings. The van der Waals surface area contributed by atoms with Gasteiger partial charge in [-0.1, -0.05) is 30.4 Å². The lowest BCUT2D eigenvalue weighted by atomic mass is 9.85. The number of carbonyl (C=O) groups excluding carboxylic acids is 3. The molecular weight excluding hydrogens is 282 g/mol. The van der Waals surface area contributed by atoms with E-state index in [1.807, 2.05) is 18.2 Å². The summed E-state index contributed by atoms with van der Waals surface area (Å²) in [6.07, 6.45) is 4.96. The monoisotopic (exact) mass is 299 g/mol. The first-order valence-corrected chi connectivity index (χ1v) is 7.38. The van der Waals surface area contributed by atoms with Crippen molar-refractivity contribution >= 4 is 17.8 Å². The summed E-state index contributed by atoms with van der Waals surface area (Å²) >= 11 is 0. The fourth-order valence-corrected chi connectivity index (χ4v) is 3.00. The fourth-order valence-electron chi connectivity index (χ4n) is 3.00. The number of imide groups is 1. The molecule has 1 aromatic carbocycles. The van der Waals surface area contributed by atoms with Crippen LogP contribution in [0.15, 0.2) is 42.5 Å². The molecule has 0 aromatic heterocycles. The van der Waals surface area contributed by atoms with Gasteiger partial charge >= 0.3 is 5.97 Å². The molecule has 0 radical (unpaired) electrons. The Kier molecular flexibility index (Phi) is 3.79. The van der Waals surface area contributed by atoms with E-state index >= 15 is 0 Å². The number of fused-ring (bicyclic) bond motifs is 1. The van der Waals surface area contributed by atoms with Crippen molar-refractivity contribution in [2.45, 2.75) is 25.8 Å². The summed E-state index contributed by atoms with van der Waals surface area (Å²) in [5, 5.41) is 0. The number of para-hydroxylation sites is 1. The number of ether oxygens (including phenoxy) is 1. The molecule has 1 fully saturated rings. The molecule has 1 heterocycles. The highest BCUT2D eigenvalue weighted by Crippen LogP contribution is 2.36. The summed E-state index contributed by atoms with van der Waals surface area (Å²) in [6.45, 7) is 1.53. The Morgan fingerprint density at radius 2 is 1.64 bits per heavy atom. The van der Waals surface area contributed by atoms with E-state index in [-0.39, 0.29) is 23.7 Å². The van der Waals surface area contributed by atoms with E-state index in [2.05, 4.69) is 0 Å². The van der Waals surface area contributed by atoms with Crippen LogP contribution < -0.4 is 4.74 Å². The largest absolute Gasteiger partial charge is 0.425 e. The first-order valence-electron chi connectivity index (χ1n) is 7.38. The maximum Gasteiger partial charge on any atom is 0.334 e. The van der Waals surface area contributed by atoms with Gasteiger partial charge in [-0.15, -0.1) is 0 Å². The second-order valence-electron chi connectivity index (χ2n) is 5.61. The normalized spacial score (nSPS) is 25.0. The van der Waals surface area contributed by atoms with E-state index in [0.29, 0.717) is 18.6 Å². The van der Waals surface area contributed by atoms with Gasteiger partial charge in [-0.05, 0) is 31.9 Å². The average Bonchev–Trinajstić information content (AvgIpc) is 2.79. The smallest absolute Gasteiger partial charge is 0.334 e. The van der Waals surface area contributed by atoms with Crippen LogP contribution in [0.2, 0.25) is 0 Å². The predicted molar refractivity (Wildman–Crippen MR) is 78.7 cm³/mol. The lowest BCUT2D eigenvalue weighted by Crippen LogP contribution is -2.45. The van der Waals surface area contributed by atoms with Crippen molar-refractivity contribution in [2.75, 3.05) is 0 Å². The Morgan fingerprint density at radius 3 is 2.18 bits per heavy atom. The van der Waals surface area contributed by atoms with Crippen molar-refractivity contribution in [3.05, 3.63) is 42.5 Å². The van der Waals surface area contributed by atoms with Crippen LogP contribution in [0.1, 0.15) is 19.8 Å². The molecule has 3 atom stereocenters. The number of nitrogens with zero attached hydrogens (tertiary/aromatic N) is 1. The van der Waals surface area contributed by atoms with Crippen molar-refractivity contribution in [1.29, 1.82) is 0 Å². The molecule has 3 rings (SSSR count). The number of esters is 1. The molecule has 0 spiro atoms. The second-order valence-corrected chi connectivity index (χ2v) is 5.61. The first-order chi connectivity index (χ1) is 10.6. The van der Waals surface area contributed by atoms with E-state index in [1.54, 1.807) is 24.3 Å². The molecule has 5 nitrogen and oxygen atoms in total. The van der Waals surface area contributed by atoms with Crippen molar-refractivity contribution in [1.82, 2.24) is 4.90 Å². The lowest BCUT2D eigenvalue weighted by molar-refractivity contribution is -0.152. The van der Waals surface area contributed by atoms with Crippen molar-refractivity contribution in [2.24, 2.45) is 11.8 Å². The van der Waals surface area contributed by atoms with Gasteiger partial charge in [-0.3, -0.25) is 14.5 Å². The van der Waals surface area contributed by atoms with E-state index in [9.17, 15) is 14.4 Å². The summed E-state index contributed by atoms with van der Waals surface area (Å²) in [5.41, 5.74) is 0. The molecular formula is C17H17NO4. The van der Waals surface area contributed by atoms with Gasteiger partial charge in [-0.25, -0.2) is 4.79 Å². The summed E-state index contributed by atoms with van der Waals surface area (Å²) in [4.78, 5) is 38.1. The molecule has 2 amide bonds. The van der Waals surface area contributed by atoms with Crippen LogP contribution in [0, 0.1) is 11.8 Å². The number of hydrogen-bond acceptors (Lipinski definition) is 4. The van der Waals surface area contributed by atoms with Crippen LogP contribution in [0.4, 0.5) is 0 Å². The number of likely N-dealkylation sites (tertiary alicyclic amines) is 1. The van der Waals surface area contributed by atoms with Crippen LogP contribution in [0.25, 0.3) is 0 Å². The molecule has 0 bridgehead atoms. The number of benzene rings is 1. The maximum atomic E-state index is 12.4. The van der Waals surface area contributed by atoms with Crippen molar-refractivity contribution in [3.63, 3.8) is 0 Å². The zero-order valence-corrected chi connectivity index (χ0v) is 12.3. The zero-order chi connectivity index (χ0) is 15.7. The highest BCUT2D eigenvalue weighted by atomic mass is 16.5. The van der Waals surface area contributed by atoms with Gasteiger partial charge in [0.25, 0.3) is 0 Å². The standard InChI is InChI=1S/C17H17NO4/c1-11(17(21)22-12-7-3-2-4-8-12)18-15(19)13-9-5-6-10-14(13)16(18)20/h2-8,11,13-14H,9-10H2,1H3/t11-,13-,14-/m0/s1. The van der Waals surface area contributed by atoms with Crippen LogP contribution in [0.5, 0.6) is 5.75 Å². The average molecular weight is 299 g/mol. The lowest BCUT2D eigenvalue weighted by Gasteiger charge is -2.21. The molecule has 0 saturated carbocycles. The van der Waals surface area contributed by atoms with Crippen LogP contribution >= 0.6 is 0 Å². The van der Waals surface area contributed by atoms with Gasteiger partial charge in [0.05, 0.1) is 11.8 Å². The molecule has 5 heteroatoms. The third-order valence-electron chi connectivity index (χ3n) is 4.23. The Bertz CT molecular complexity index is 611. The minimum atomic E-state index is -0.911. The number of amides is 2. The highest BCUT2D eigenvalue weighted by molar-refractivity contribution is 6.08. The van der Waals surface area contributed by atoms with Gasteiger partial charge in [0.15, 0.2) is 0 Å². The summed E-state index contributed by atoms with van der Waals surface area (Å²) in [5.74, 6) is -1.39. The van der Waals surface area contributed by atoms with Gasteiger partial charge < -0.3 is 4.74 Å². The van der Waals surface area contributed by atoms with E-state index in [0.717, 1.165) is 4.90 Å². The van der Waals surface area contributed by atoms with Crippen molar-refractivity contribution < 1.29 is 19.1 Å². The fraction of sp³-hybridized carbons (Fsp3) is 0.353. The molecule has 1 aliphatic heterocycles. The Hall–Kier alpha value is -2.43. The molecule has 1 aliphatic carbocycles. The third kappa shape index (κ3) is 2.43. The van der Waals surface area contributed by atoms with Crippen LogP contribution in [-0.4, -0.2) is 28.7 Å². The third-order valence-corrected chi connectivity index (χ3v) is 4.23. The molecule has 0 N–H and O–H groups in total. The van der Waals surface area contributed by atoms with Crippen molar-refractivity contribution in [3.8, 4) is 5.75 Å². The molecule has 2 aliphatic rings. The minimum absolute atomic E-state index is 0.267. The Balaban J connectivity index is 1.74. The SMILES string of the molecule is C[C@@H](C(=O)Oc1ccccc1)N1C(=O)[C@H]2CC=CC[C@@H]2C1=O. The van der Waals surface area contributed by atoms with Gasteiger partial charge in [0.2, 0.25) is 11.8 Å². The summed E-state index contributed by atoms with van der Waals surface area (Å²) in [6, 6.07) is 7.71. The van der Waals surface area contributed by atoms with Gasteiger partial charge in [0, 0.05) is 0 Å². The zero-order valence-electron chi connectivity index (χ0n) is 12.3. The molecule has 114 valence electrons. The first kappa shape index (κ1) is 14.5. The quantitative estimate of drug-likeness (QED) is 0.370. The topological polar surface area (TPSA) is 63.7 Å². The number of allylic oxidation sites excluding steroid dienone is 2. The van der Waals surface area contributed by atoms with E-state index in [4.69, 9.17) is 4.74 Å². The van der Waals surface area contributed by atoms with E-state index in [1.165, 1.54) is 6.92 Å².